The minimum absolute atomic E-state index is 0.0136. The molecule has 0 radical (unpaired) electrons. The second-order valence-electron chi connectivity index (χ2n) is 5.28. The molecule has 2 aliphatic heterocycles. The molecule has 0 aliphatic carbocycles. The Kier molecular flexibility index (Phi) is 3.35. The lowest BCUT2D eigenvalue weighted by Crippen LogP contribution is -2.47. The minimum atomic E-state index is -1.05. The molecule has 1 saturated heterocycles. The number of hydrogen-bond acceptors (Lipinski definition) is 6. The molecule has 1 fully saturated rings. The van der Waals surface area contributed by atoms with Crippen LogP contribution in [0, 0.1) is 0 Å². The molecule has 1 unspecified atom stereocenters. The average molecular weight is 351 g/mol. The summed E-state index contributed by atoms with van der Waals surface area (Å²) in [7, 11) is 0. The van der Waals surface area contributed by atoms with Crippen LogP contribution >= 0.6 is 23.4 Å². The first-order chi connectivity index (χ1) is 11.1. The van der Waals surface area contributed by atoms with Gasteiger partial charge in [0.05, 0.1) is 11.9 Å². The van der Waals surface area contributed by atoms with Crippen LogP contribution in [0.15, 0.2) is 39.9 Å². The van der Waals surface area contributed by atoms with E-state index in [4.69, 9.17) is 20.9 Å². The number of benzene rings is 1. The van der Waals surface area contributed by atoms with Crippen molar-refractivity contribution in [3.8, 4) is 0 Å². The number of esters is 1. The molecule has 1 amide bonds. The van der Waals surface area contributed by atoms with Crippen molar-refractivity contribution in [1.29, 1.82) is 0 Å². The van der Waals surface area contributed by atoms with Gasteiger partial charge in [-0.2, -0.15) is 0 Å². The third-order valence-electron chi connectivity index (χ3n) is 3.88. The third-order valence-corrected chi connectivity index (χ3v) is 5.58. The predicted molar refractivity (Wildman–Crippen MR) is 83.1 cm³/mol. The Morgan fingerprint density at radius 3 is 3.13 bits per heavy atom. The van der Waals surface area contributed by atoms with E-state index < -0.39 is 10.8 Å². The number of carbonyl (C=O) groups is 2. The molecule has 8 heteroatoms. The van der Waals surface area contributed by atoms with Crippen LogP contribution in [0.25, 0.3) is 0 Å². The lowest BCUT2D eigenvalue weighted by atomic mass is 10.2. The summed E-state index contributed by atoms with van der Waals surface area (Å²) < 4.78 is 10.3. The Bertz CT molecular complexity index is 795. The molecule has 1 atom stereocenters. The number of fused-ring (bicyclic) bond motifs is 3. The number of halogens is 1. The van der Waals surface area contributed by atoms with Crippen molar-refractivity contribution in [3.63, 3.8) is 0 Å². The van der Waals surface area contributed by atoms with E-state index in [9.17, 15) is 9.59 Å². The van der Waals surface area contributed by atoms with Gasteiger partial charge in [0.2, 0.25) is 5.91 Å². The van der Waals surface area contributed by atoms with Gasteiger partial charge in [0.25, 0.3) is 0 Å². The summed E-state index contributed by atoms with van der Waals surface area (Å²) >= 11 is 7.37. The van der Waals surface area contributed by atoms with Crippen LogP contribution in [0.3, 0.4) is 0 Å². The number of ether oxygens (including phenoxy) is 1. The molecule has 0 saturated carbocycles. The highest BCUT2D eigenvalue weighted by atomic mass is 35.5. The molecule has 3 heterocycles. The van der Waals surface area contributed by atoms with E-state index in [1.807, 2.05) is 6.07 Å². The summed E-state index contributed by atoms with van der Waals surface area (Å²) in [5, 5.41) is 4.09. The maximum absolute atomic E-state index is 12.7. The largest absolute Gasteiger partial charge is 0.455 e. The quantitative estimate of drug-likeness (QED) is 0.792. The summed E-state index contributed by atoms with van der Waals surface area (Å²) in [5.41, 5.74) is 0.668. The fourth-order valence-corrected chi connectivity index (χ4v) is 4.42. The van der Waals surface area contributed by atoms with Gasteiger partial charge in [-0.15, -0.1) is 0 Å². The van der Waals surface area contributed by atoms with Crippen molar-refractivity contribution < 1.29 is 18.8 Å². The van der Waals surface area contributed by atoms with Crippen molar-refractivity contribution in [2.24, 2.45) is 0 Å². The van der Waals surface area contributed by atoms with Crippen LogP contribution < -0.4 is 4.90 Å². The minimum Gasteiger partial charge on any atom is -0.455 e. The highest BCUT2D eigenvalue weighted by molar-refractivity contribution is 8.02. The molecule has 4 rings (SSSR count). The van der Waals surface area contributed by atoms with Crippen LogP contribution in [0.4, 0.5) is 5.69 Å². The number of hydrogen-bond donors (Lipinski definition) is 0. The number of thioether (sulfide) groups is 1. The Morgan fingerprint density at radius 2 is 2.35 bits per heavy atom. The van der Waals surface area contributed by atoms with Crippen molar-refractivity contribution in [2.45, 2.75) is 29.2 Å². The molecule has 0 bridgehead atoms. The van der Waals surface area contributed by atoms with Gasteiger partial charge in [0.1, 0.15) is 0 Å². The summed E-state index contributed by atoms with van der Waals surface area (Å²) in [4.78, 5) is 26.3. The van der Waals surface area contributed by atoms with Gasteiger partial charge in [-0.05, 0) is 18.2 Å². The molecule has 1 aromatic carbocycles. The number of carbonyl (C=O) groups excluding carboxylic acids is 2. The lowest BCUT2D eigenvalue weighted by Gasteiger charge is -2.28. The van der Waals surface area contributed by atoms with Crippen molar-refractivity contribution in [3.05, 3.63) is 41.2 Å². The SMILES string of the molecule is O=C1CCC2(C(=O)OCc3ccno3)Sc3ccc(Cl)cc3N12. The fraction of sp³-hybridized carbons (Fsp3) is 0.267. The molecule has 2 aromatic rings. The number of anilines is 1. The number of rotatable bonds is 3. The first-order valence-electron chi connectivity index (χ1n) is 6.98. The molecule has 23 heavy (non-hydrogen) atoms. The van der Waals surface area contributed by atoms with E-state index in [2.05, 4.69) is 5.16 Å². The monoisotopic (exact) mass is 350 g/mol. The van der Waals surface area contributed by atoms with Gasteiger partial charge in [-0.3, -0.25) is 9.69 Å². The highest BCUT2D eigenvalue weighted by Gasteiger charge is 2.58. The van der Waals surface area contributed by atoms with Gasteiger partial charge < -0.3 is 9.26 Å². The first-order valence-corrected chi connectivity index (χ1v) is 8.18. The molecule has 2 aliphatic rings. The van der Waals surface area contributed by atoms with Gasteiger partial charge in [0, 0.05) is 28.8 Å². The molecular weight excluding hydrogens is 340 g/mol. The van der Waals surface area contributed by atoms with Crippen molar-refractivity contribution in [1.82, 2.24) is 5.16 Å². The molecular formula is C15H11ClN2O4S. The second-order valence-corrected chi connectivity index (χ2v) is 7.04. The van der Waals surface area contributed by atoms with Crippen LogP contribution in [0.2, 0.25) is 5.02 Å². The van der Waals surface area contributed by atoms with Crippen molar-refractivity contribution >= 4 is 40.9 Å². The average Bonchev–Trinajstić information content (AvgIpc) is 3.22. The number of nitrogens with zero attached hydrogens (tertiary/aromatic N) is 2. The summed E-state index contributed by atoms with van der Waals surface area (Å²) in [6, 6.07) is 6.89. The van der Waals surface area contributed by atoms with Crippen LogP contribution in [-0.2, 0) is 20.9 Å². The predicted octanol–water partition coefficient (Wildman–Crippen LogP) is 3.00. The Labute approximate surface area is 140 Å². The lowest BCUT2D eigenvalue weighted by molar-refractivity contribution is -0.148. The smallest absolute Gasteiger partial charge is 0.343 e. The maximum atomic E-state index is 12.7. The molecule has 118 valence electrons. The van der Waals surface area contributed by atoms with Crippen LogP contribution in [0.5, 0.6) is 0 Å². The molecule has 6 nitrogen and oxygen atoms in total. The van der Waals surface area contributed by atoms with Gasteiger partial charge in [0.15, 0.2) is 17.2 Å². The summed E-state index contributed by atoms with van der Waals surface area (Å²) in [5.74, 6) is -0.110. The first kappa shape index (κ1) is 14.6. The maximum Gasteiger partial charge on any atom is 0.343 e. The van der Waals surface area contributed by atoms with Crippen molar-refractivity contribution in [2.75, 3.05) is 4.90 Å². The number of aromatic nitrogens is 1. The highest BCUT2D eigenvalue weighted by Crippen LogP contribution is 2.56. The topological polar surface area (TPSA) is 72.6 Å². The standard InChI is InChI=1S/C15H11ClN2O4S/c16-9-1-2-12-11(7-9)18-13(19)3-5-15(18,23-12)14(20)21-8-10-4-6-17-22-10/h1-2,4,6-7H,3,5,8H2. The van der Waals surface area contributed by atoms with E-state index in [1.54, 1.807) is 18.2 Å². The summed E-state index contributed by atoms with van der Waals surface area (Å²) in [6.45, 7) is -0.0136. The zero-order chi connectivity index (χ0) is 16.0. The molecule has 0 N–H and O–H groups in total. The van der Waals surface area contributed by atoms with E-state index in [0.717, 1.165) is 4.90 Å². The fourth-order valence-electron chi connectivity index (χ4n) is 2.86. The third kappa shape index (κ3) is 2.22. The zero-order valence-electron chi connectivity index (χ0n) is 11.8. The Hall–Kier alpha value is -1.99. The second kappa shape index (κ2) is 5.28. The van der Waals surface area contributed by atoms with Gasteiger partial charge in [-0.25, -0.2) is 4.79 Å². The number of amides is 1. The molecule has 0 spiro atoms. The van der Waals surface area contributed by atoms with E-state index >= 15 is 0 Å². The van der Waals surface area contributed by atoms with Gasteiger partial charge in [-0.1, -0.05) is 28.5 Å². The van der Waals surface area contributed by atoms with Crippen LogP contribution in [-0.4, -0.2) is 21.9 Å². The Morgan fingerprint density at radius 1 is 1.48 bits per heavy atom. The zero-order valence-corrected chi connectivity index (χ0v) is 13.4. The van der Waals surface area contributed by atoms with E-state index in [-0.39, 0.29) is 12.5 Å². The molecule has 1 aromatic heterocycles. The normalized spacial score (nSPS) is 22.1. The summed E-state index contributed by atoms with van der Waals surface area (Å²) in [6.07, 6.45) is 2.18. The van der Waals surface area contributed by atoms with Gasteiger partial charge >= 0.3 is 5.97 Å². The van der Waals surface area contributed by atoms with Crippen LogP contribution in [0.1, 0.15) is 18.6 Å². The van der Waals surface area contributed by atoms with E-state index in [0.29, 0.717) is 29.3 Å². The van der Waals surface area contributed by atoms with E-state index in [1.165, 1.54) is 22.9 Å². The Balaban J connectivity index is 1.64.